The number of nitrogens with zero attached hydrogens (tertiary/aromatic N) is 2. The lowest BCUT2D eigenvalue weighted by Gasteiger charge is -2.04. The molecule has 0 saturated heterocycles. The van der Waals surface area contributed by atoms with Gasteiger partial charge in [0.25, 0.3) is 0 Å². The normalized spacial score (nSPS) is 10.5. The number of aryl methyl sites for hydroxylation is 1. The molecule has 0 aliphatic rings. The Balaban J connectivity index is 2.31. The summed E-state index contributed by atoms with van der Waals surface area (Å²) in [4.78, 5) is 12.7. The van der Waals surface area contributed by atoms with E-state index in [0.717, 1.165) is 5.56 Å². The number of nitrogen functional groups attached to an aromatic ring is 1. The highest BCUT2D eigenvalue weighted by atomic mass is 16.1. The molecule has 3 rings (SSSR count). The Morgan fingerprint density at radius 1 is 1.24 bits per heavy atom. The van der Waals surface area contributed by atoms with E-state index in [1.54, 1.807) is 34.9 Å². The maximum atomic E-state index is 12.7. The molecular formula is C17H13N3O. The van der Waals surface area contributed by atoms with E-state index in [4.69, 9.17) is 5.73 Å². The molecule has 2 aromatic heterocycles. The van der Waals surface area contributed by atoms with Crippen molar-refractivity contribution < 1.29 is 4.79 Å². The van der Waals surface area contributed by atoms with Crippen molar-refractivity contribution in [2.75, 3.05) is 5.73 Å². The van der Waals surface area contributed by atoms with E-state index in [1.165, 1.54) is 0 Å². The van der Waals surface area contributed by atoms with E-state index in [9.17, 15) is 10.1 Å². The van der Waals surface area contributed by atoms with Crippen LogP contribution in [-0.2, 0) is 0 Å². The van der Waals surface area contributed by atoms with Gasteiger partial charge in [-0.25, -0.2) is 0 Å². The smallest absolute Gasteiger partial charge is 0.211 e. The molecule has 2 heterocycles. The van der Waals surface area contributed by atoms with Gasteiger partial charge in [-0.3, -0.25) is 4.79 Å². The number of aromatic nitrogens is 1. The summed E-state index contributed by atoms with van der Waals surface area (Å²) in [6.45, 7) is 1.93. The lowest BCUT2D eigenvalue weighted by atomic mass is 10.1. The van der Waals surface area contributed by atoms with Crippen LogP contribution in [0.2, 0.25) is 0 Å². The molecule has 2 N–H and O–H groups in total. The van der Waals surface area contributed by atoms with Gasteiger partial charge >= 0.3 is 0 Å². The third kappa shape index (κ3) is 1.96. The maximum absolute atomic E-state index is 12.7. The number of benzene rings is 1. The summed E-state index contributed by atoms with van der Waals surface area (Å²) in [5.74, 6) is -0.187. The Morgan fingerprint density at radius 3 is 2.62 bits per heavy atom. The summed E-state index contributed by atoms with van der Waals surface area (Å²) in [6, 6.07) is 14.8. The van der Waals surface area contributed by atoms with Gasteiger partial charge in [-0.1, -0.05) is 30.3 Å². The van der Waals surface area contributed by atoms with Crippen LogP contribution in [0.15, 0.2) is 48.7 Å². The van der Waals surface area contributed by atoms with Crippen LogP contribution in [0, 0.1) is 18.3 Å². The van der Waals surface area contributed by atoms with Crippen LogP contribution in [0.1, 0.15) is 27.2 Å². The highest BCUT2D eigenvalue weighted by Gasteiger charge is 2.22. The van der Waals surface area contributed by atoms with Crippen molar-refractivity contribution >= 4 is 17.0 Å². The molecule has 0 atom stereocenters. The molecular weight excluding hydrogens is 262 g/mol. The fourth-order valence-corrected chi connectivity index (χ4v) is 2.45. The van der Waals surface area contributed by atoms with Gasteiger partial charge in [-0.05, 0) is 24.6 Å². The van der Waals surface area contributed by atoms with E-state index in [0.29, 0.717) is 22.3 Å². The Morgan fingerprint density at radius 2 is 1.95 bits per heavy atom. The second-order valence-electron chi connectivity index (χ2n) is 4.90. The number of carbonyl (C=O) groups excluding carboxylic acids is 1. The molecule has 0 radical (unpaired) electrons. The largest absolute Gasteiger partial charge is 0.396 e. The zero-order chi connectivity index (χ0) is 15.0. The molecule has 0 bridgehead atoms. The lowest BCUT2D eigenvalue weighted by molar-refractivity contribution is 0.103. The van der Waals surface area contributed by atoms with Gasteiger partial charge in [-0.15, -0.1) is 0 Å². The van der Waals surface area contributed by atoms with Crippen LogP contribution < -0.4 is 5.73 Å². The first-order valence-corrected chi connectivity index (χ1v) is 6.53. The lowest BCUT2D eigenvalue weighted by Crippen LogP contribution is -2.07. The number of anilines is 1. The number of carbonyl (C=O) groups is 1. The summed E-state index contributed by atoms with van der Waals surface area (Å²) in [5.41, 5.74) is 9.19. The second kappa shape index (κ2) is 4.80. The minimum atomic E-state index is -0.187. The molecule has 0 amide bonds. The van der Waals surface area contributed by atoms with Crippen LogP contribution in [0.25, 0.3) is 5.52 Å². The number of hydrogen-bond donors (Lipinski definition) is 1. The quantitative estimate of drug-likeness (QED) is 0.731. The summed E-state index contributed by atoms with van der Waals surface area (Å²) in [5, 5.41) is 9.32. The zero-order valence-corrected chi connectivity index (χ0v) is 11.5. The van der Waals surface area contributed by atoms with Crippen molar-refractivity contribution in [3.63, 3.8) is 0 Å². The fourth-order valence-electron chi connectivity index (χ4n) is 2.45. The number of nitrogens with two attached hydrogens (primary N) is 1. The second-order valence-corrected chi connectivity index (χ2v) is 4.90. The molecule has 1 aromatic carbocycles. The predicted molar refractivity (Wildman–Crippen MR) is 81.1 cm³/mol. The van der Waals surface area contributed by atoms with Gasteiger partial charge in [0.1, 0.15) is 17.3 Å². The van der Waals surface area contributed by atoms with Gasteiger partial charge in [-0.2, -0.15) is 5.26 Å². The number of ketones is 1. The number of nitriles is 1. The summed E-state index contributed by atoms with van der Waals surface area (Å²) < 4.78 is 1.69. The van der Waals surface area contributed by atoms with Gasteiger partial charge in [0.2, 0.25) is 5.78 Å². The van der Waals surface area contributed by atoms with E-state index in [-0.39, 0.29) is 11.5 Å². The average Bonchev–Trinajstić information content (AvgIpc) is 2.78. The molecule has 3 aromatic rings. The van der Waals surface area contributed by atoms with E-state index >= 15 is 0 Å². The van der Waals surface area contributed by atoms with Crippen molar-refractivity contribution in [3.8, 4) is 6.07 Å². The summed E-state index contributed by atoms with van der Waals surface area (Å²) >= 11 is 0. The molecule has 4 nitrogen and oxygen atoms in total. The Bertz CT molecular complexity index is 886. The van der Waals surface area contributed by atoms with Crippen LogP contribution in [0.5, 0.6) is 0 Å². The van der Waals surface area contributed by atoms with Crippen LogP contribution in [-0.4, -0.2) is 10.2 Å². The highest BCUT2D eigenvalue weighted by molar-refractivity contribution is 6.13. The predicted octanol–water partition coefficient (Wildman–Crippen LogP) is 2.93. The first kappa shape index (κ1) is 12.9. The van der Waals surface area contributed by atoms with Crippen molar-refractivity contribution in [1.29, 1.82) is 5.26 Å². The van der Waals surface area contributed by atoms with E-state index in [2.05, 4.69) is 6.07 Å². The van der Waals surface area contributed by atoms with Crippen molar-refractivity contribution in [2.45, 2.75) is 6.92 Å². The molecule has 0 spiro atoms. The first-order valence-electron chi connectivity index (χ1n) is 6.53. The summed E-state index contributed by atoms with van der Waals surface area (Å²) in [7, 11) is 0. The first-order chi connectivity index (χ1) is 10.1. The Kier molecular flexibility index (Phi) is 2.96. The van der Waals surface area contributed by atoms with Crippen LogP contribution in [0.3, 0.4) is 0 Å². The van der Waals surface area contributed by atoms with Gasteiger partial charge in [0.05, 0.1) is 11.2 Å². The molecule has 0 aliphatic heterocycles. The van der Waals surface area contributed by atoms with Gasteiger partial charge in [0, 0.05) is 11.8 Å². The van der Waals surface area contributed by atoms with E-state index in [1.807, 2.05) is 25.1 Å². The minimum Gasteiger partial charge on any atom is -0.396 e. The number of pyridine rings is 1. The number of rotatable bonds is 2. The van der Waals surface area contributed by atoms with Gasteiger partial charge in [0.15, 0.2) is 0 Å². The van der Waals surface area contributed by atoms with Crippen molar-refractivity contribution in [2.24, 2.45) is 0 Å². The van der Waals surface area contributed by atoms with Crippen LogP contribution in [0.4, 0.5) is 5.69 Å². The molecule has 0 fully saturated rings. The Labute approximate surface area is 122 Å². The maximum Gasteiger partial charge on any atom is 0.211 e. The number of fused-ring (bicyclic) bond motifs is 1. The molecule has 4 heteroatoms. The minimum absolute atomic E-state index is 0.187. The Hall–Kier alpha value is -3.06. The topological polar surface area (TPSA) is 71.3 Å². The van der Waals surface area contributed by atoms with Crippen molar-refractivity contribution in [3.05, 3.63) is 71.0 Å². The molecule has 0 aliphatic carbocycles. The molecule has 0 saturated carbocycles. The molecule has 21 heavy (non-hydrogen) atoms. The standard InChI is InChI=1S/C17H13N3O/c1-11-7-8-20-14(9-11)13(10-18)15(19)16(20)17(21)12-5-3-2-4-6-12/h2-9H,19H2,1H3. The average molecular weight is 275 g/mol. The fraction of sp³-hybridized carbons (Fsp3) is 0.0588. The van der Waals surface area contributed by atoms with E-state index < -0.39 is 0 Å². The monoisotopic (exact) mass is 275 g/mol. The highest BCUT2D eigenvalue weighted by Crippen LogP contribution is 2.28. The third-order valence-electron chi connectivity index (χ3n) is 3.49. The summed E-state index contributed by atoms with van der Waals surface area (Å²) in [6.07, 6.45) is 1.78. The number of hydrogen-bond acceptors (Lipinski definition) is 3. The molecule has 0 unspecified atom stereocenters. The molecule has 102 valence electrons. The van der Waals surface area contributed by atoms with Crippen molar-refractivity contribution in [1.82, 2.24) is 4.40 Å². The zero-order valence-electron chi connectivity index (χ0n) is 11.5. The third-order valence-corrected chi connectivity index (χ3v) is 3.49. The van der Waals surface area contributed by atoms with Gasteiger partial charge < -0.3 is 10.1 Å². The SMILES string of the molecule is Cc1ccn2c(C(=O)c3ccccc3)c(N)c(C#N)c2c1. The van der Waals surface area contributed by atoms with Crippen LogP contribution >= 0.6 is 0 Å².